The number of anilines is 1. The van der Waals surface area contributed by atoms with E-state index in [-0.39, 0.29) is 23.9 Å². The molecule has 5 rings (SSSR count). The minimum atomic E-state index is -0.543. The Hall–Kier alpha value is -4.54. The van der Waals surface area contributed by atoms with E-state index in [0.717, 1.165) is 16.6 Å². The van der Waals surface area contributed by atoms with Gasteiger partial charge in [0.1, 0.15) is 17.5 Å². The van der Waals surface area contributed by atoms with Gasteiger partial charge >= 0.3 is 6.09 Å². The van der Waals surface area contributed by atoms with Crippen LogP contribution in [0.5, 0.6) is 0 Å². The molecule has 11 nitrogen and oxygen atoms in total. The van der Waals surface area contributed by atoms with Crippen LogP contribution in [0.4, 0.5) is 10.6 Å². The summed E-state index contributed by atoms with van der Waals surface area (Å²) in [6.45, 7) is 14.6. The third-order valence-electron chi connectivity index (χ3n) is 7.23. The van der Waals surface area contributed by atoms with Crippen molar-refractivity contribution in [3.63, 3.8) is 0 Å². The summed E-state index contributed by atoms with van der Waals surface area (Å²) in [5, 5.41) is 16.5. The highest BCUT2D eigenvalue weighted by molar-refractivity contribution is 8.59. The predicted octanol–water partition coefficient (Wildman–Crippen LogP) is 7.49. The molecule has 3 aromatic heterocycles. The molecule has 1 aliphatic heterocycles. The van der Waals surface area contributed by atoms with Crippen molar-refractivity contribution in [3.8, 4) is 17.2 Å². The van der Waals surface area contributed by atoms with Crippen molar-refractivity contribution in [1.82, 2.24) is 24.8 Å². The second kappa shape index (κ2) is 19.5. The lowest BCUT2D eigenvalue weighted by atomic mass is 10.0. The number of carbonyl (C=O) groups is 3. The monoisotopic (exact) mass is 705 g/mol. The number of pyridine rings is 2. The largest absolute Gasteiger partial charge is 0.444 e. The number of ether oxygens (including phenoxy) is 1. The summed E-state index contributed by atoms with van der Waals surface area (Å²) < 4.78 is 7.14. The Labute approximate surface area is 299 Å². The third-order valence-corrected chi connectivity index (χ3v) is 7.23. The number of piperidine rings is 1. The van der Waals surface area contributed by atoms with Gasteiger partial charge in [-0.05, 0) is 75.6 Å². The Kier molecular flexibility index (Phi) is 16.1. The molecule has 13 heteroatoms. The van der Waals surface area contributed by atoms with Gasteiger partial charge in [-0.2, -0.15) is 10.4 Å². The van der Waals surface area contributed by atoms with Crippen LogP contribution in [0.3, 0.4) is 0 Å². The van der Waals surface area contributed by atoms with Crippen molar-refractivity contribution in [2.24, 2.45) is 0 Å². The smallest absolute Gasteiger partial charge is 0.410 e. The van der Waals surface area contributed by atoms with E-state index in [0.29, 0.717) is 48.4 Å². The topological polar surface area (TPSA) is 133 Å². The Bertz CT molecular complexity index is 1700. The van der Waals surface area contributed by atoms with Crippen LogP contribution < -0.4 is 10.2 Å². The Morgan fingerprint density at radius 3 is 2.14 bits per heavy atom. The lowest BCUT2D eigenvalue weighted by molar-refractivity contribution is 0.0199. The fourth-order valence-electron chi connectivity index (χ4n) is 4.89. The number of carbonyl (C=O) groups excluding carboxylic acids is 3. The number of likely N-dealkylation sites (tertiary alicyclic amines) is 1. The van der Waals surface area contributed by atoms with Crippen LogP contribution >= 0.6 is 23.3 Å². The van der Waals surface area contributed by atoms with Gasteiger partial charge in [0, 0.05) is 55.3 Å². The Morgan fingerprint density at radius 2 is 1.59 bits per heavy atom. The van der Waals surface area contributed by atoms with E-state index in [4.69, 9.17) is 10.00 Å². The van der Waals surface area contributed by atoms with E-state index in [1.165, 1.54) is 11.1 Å². The van der Waals surface area contributed by atoms with Gasteiger partial charge in [-0.1, -0.05) is 39.8 Å². The first kappa shape index (κ1) is 40.6. The molecule has 4 heterocycles. The molecule has 262 valence electrons. The van der Waals surface area contributed by atoms with Crippen LogP contribution in [0.15, 0.2) is 67.1 Å². The van der Waals surface area contributed by atoms with Gasteiger partial charge in [-0.25, -0.2) is 14.3 Å². The third kappa shape index (κ3) is 11.0. The first-order valence-electron chi connectivity index (χ1n) is 16.2. The lowest BCUT2D eigenvalue weighted by Crippen LogP contribution is -2.47. The highest BCUT2D eigenvalue weighted by atomic mass is 33.1. The van der Waals surface area contributed by atoms with Gasteiger partial charge in [-0.15, -0.1) is 23.3 Å². The molecule has 1 aromatic carbocycles. The van der Waals surface area contributed by atoms with Crippen LogP contribution in [0.25, 0.3) is 16.6 Å². The molecule has 3 amide bonds. The lowest BCUT2D eigenvalue weighted by Gasteiger charge is -2.33. The van der Waals surface area contributed by atoms with Crippen molar-refractivity contribution in [2.45, 2.75) is 73.0 Å². The van der Waals surface area contributed by atoms with E-state index < -0.39 is 5.60 Å². The number of nitriles is 1. The molecule has 4 aromatic rings. The van der Waals surface area contributed by atoms with Crippen molar-refractivity contribution in [3.05, 3.63) is 83.8 Å². The average Bonchev–Trinajstić information content (AvgIpc) is 3.56. The minimum absolute atomic E-state index is 0.0287. The number of benzene rings is 1. The number of rotatable bonds is 5. The summed E-state index contributed by atoms with van der Waals surface area (Å²) in [7, 11) is 1.63. The maximum absolute atomic E-state index is 13.2. The molecule has 49 heavy (non-hydrogen) atoms. The van der Waals surface area contributed by atoms with Crippen LogP contribution in [0, 0.1) is 11.3 Å². The van der Waals surface area contributed by atoms with Gasteiger partial charge in [0.25, 0.3) is 11.8 Å². The second-order valence-corrected chi connectivity index (χ2v) is 11.5. The molecule has 0 radical (unpaired) electrons. The van der Waals surface area contributed by atoms with Crippen molar-refractivity contribution < 1.29 is 19.1 Å². The summed E-state index contributed by atoms with van der Waals surface area (Å²) in [6.07, 6.45) is 5.86. The van der Waals surface area contributed by atoms with Gasteiger partial charge in [0.05, 0.1) is 17.3 Å². The van der Waals surface area contributed by atoms with E-state index in [9.17, 15) is 14.4 Å². The number of aromatic nitrogens is 3. The number of hydrogen-bond acceptors (Lipinski definition) is 9. The van der Waals surface area contributed by atoms with E-state index in [1.54, 1.807) is 65.3 Å². The Balaban J connectivity index is 0.00000132. The molecule has 0 unspecified atom stereocenters. The van der Waals surface area contributed by atoms with Crippen LogP contribution in [0.2, 0.25) is 0 Å². The van der Waals surface area contributed by atoms with E-state index >= 15 is 0 Å². The zero-order valence-electron chi connectivity index (χ0n) is 29.5. The zero-order valence-corrected chi connectivity index (χ0v) is 31.3. The molecular formula is C36H47N7O4S2. The molecule has 0 saturated carbocycles. The highest BCUT2D eigenvalue weighted by Crippen LogP contribution is 2.26. The number of fused-ring (bicyclic) bond motifs is 1. The minimum Gasteiger partial charge on any atom is -0.444 e. The molecular weight excluding hydrogens is 659 g/mol. The number of nitrogens with one attached hydrogen (secondary N) is 1. The molecule has 1 N–H and O–H groups in total. The van der Waals surface area contributed by atoms with E-state index in [2.05, 4.69) is 38.7 Å². The fourth-order valence-corrected chi connectivity index (χ4v) is 4.89. The summed E-state index contributed by atoms with van der Waals surface area (Å²) in [5.74, 6) is 0.00494. The fraction of sp³-hybridized carbons (Fsp3) is 0.389. The first-order chi connectivity index (χ1) is 23.5. The normalized spacial score (nSPS) is 12.5. The zero-order chi connectivity index (χ0) is 36.7. The number of thiol groups is 2. The summed E-state index contributed by atoms with van der Waals surface area (Å²) >= 11 is 6.44. The standard InChI is InChI=1S/C32H33N7O4.2C2H6.H2S2/c1-32(2,3)43-31(42)38-14-12-25(13-15-38)36-29(40)23-8-6-22(7-9-23)26-20-35-39-16-11-24(17-27(26)39)30(41)37(4)28-10-5-21(18-33)19-34-28;3*1-2/h5-11,16-17,19-20,25H,12-15H2,1-4H3,(H,36,40);2*1-2H3;1-2H. The van der Waals surface area contributed by atoms with Crippen LogP contribution in [-0.4, -0.2) is 69.2 Å². The predicted molar refractivity (Wildman–Crippen MR) is 201 cm³/mol. The van der Waals surface area contributed by atoms with Crippen LogP contribution in [-0.2, 0) is 4.74 Å². The van der Waals surface area contributed by atoms with E-state index in [1.807, 2.05) is 66.7 Å². The molecule has 0 aliphatic carbocycles. The summed E-state index contributed by atoms with van der Waals surface area (Å²) in [6, 6.07) is 16.0. The molecule has 0 bridgehead atoms. The molecule has 0 spiro atoms. The van der Waals surface area contributed by atoms with Crippen molar-refractivity contribution in [1.29, 1.82) is 5.26 Å². The Morgan fingerprint density at radius 1 is 0.959 bits per heavy atom. The first-order valence-corrected chi connectivity index (χ1v) is 17.8. The van der Waals surface area contributed by atoms with Crippen molar-refractivity contribution in [2.75, 3.05) is 25.0 Å². The SMILES string of the molecule is CC.CC.CN(C(=O)c1ccn2ncc(-c3ccc(C(=O)NC4CCN(C(=O)OC(C)(C)C)CC4)cc3)c2c1)c1ccc(C#N)cn1.SS. The number of amides is 3. The number of nitrogens with zero attached hydrogens (tertiary/aromatic N) is 6. The molecule has 1 aliphatic rings. The molecule has 1 saturated heterocycles. The van der Waals surface area contributed by atoms with Gasteiger partial charge in [0.15, 0.2) is 0 Å². The van der Waals surface area contributed by atoms with Crippen molar-refractivity contribution >= 4 is 52.6 Å². The highest BCUT2D eigenvalue weighted by Gasteiger charge is 2.27. The quantitative estimate of drug-likeness (QED) is 0.145. The average molecular weight is 706 g/mol. The van der Waals surface area contributed by atoms with Crippen LogP contribution in [0.1, 0.15) is 87.6 Å². The van der Waals surface area contributed by atoms with Gasteiger partial charge < -0.3 is 15.0 Å². The molecule has 0 atom stereocenters. The summed E-state index contributed by atoms with van der Waals surface area (Å²) in [4.78, 5) is 45.8. The van der Waals surface area contributed by atoms with Gasteiger partial charge in [0.2, 0.25) is 0 Å². The summed E-state index contributed by atoms with van der Waals surface area (Å²) in [5.41, 5.74) is 3.26. The number of hydrogen-bond donors (Lipinski definition) is 3. The maximum Gasteiger partial charge on any atom is 0.410 e. The molecule has 1 fully saturated rings. The second-order valence-electron chi connectivity index (χ2n) is 11.5. The van der Waals surface area contributed by atoms with Gasteiger partial charge in [-0.3, -0.25) is 14.5 Å². The maximum atomic E-state index is 13.2.